The summed E-state index contributed by atoms with van der Waals surface area (Å²) in [6, 6.07) is 43.0. The van der Waals surface area contributed by atoms with Gasteiger partial charge in [0.2, 0.25) is 15.9 Å². The number of hydrogen-bond donors (Lipinski definition) is 2. The number of benzene rings is 6. The molecular formula is C50H42Cl2F2N4O7S2. The van der Waals surface area contributed by atoms with Gasteiger partial charge in [-0.1, -0.05) is 59.6 Å². The molecule has 0 bridgehead atoms. The molecule has 3 N–H and O–H groups in total. The van der Waals surface area contributed by atoms with Crippen molar-refractivity contribution in [1.82, 2.24) is 13.9 Å². The highest BCUT2D eigenvalue weighted by molar-refractivity contribution is 7.90. The van der Waals surface area contributed by atoms with Crippen LogP contribution in [-0.2, 0) is 38.1 Å². The number of nitrogens with two attached hydrogens (primary N) is 1. The Kier molecular flexibility index (Phi) is 14.7. The molecule has 1 amide bonds. The summed E-state index contributed by atoms with van der Waals surface area (Å²) < 4.78 is 93.1. The number of rotatable bonds is 13. The van der Waals surface area contributed by atoms with Crippen molar-refractivity contribution in [3.63, 3.8) is 0 Å². The van der Waals surface area contributed by atoms with E-state index in [9.17, 15) is 30.4 Å². The zero-order valence-electron chi connectivity index (χ0n) is 36.1. The second kappa shape index (κ2) is 20.4. The van der Waals surface area contributed by atoms with Crippen LogP contribution in [0.25, 0.3) is 33.9 Å². The predicted octanol–water partition coefficient (Wildman–Crippen LogP) is 11.1. The molecule has 8 rings (SSSR count). The number of nitrogens with zero attached hydrogens (tertiary/aromatic N) is 2. The van der Waals surface area contributed by atoms with Crippen LogP contribution in [0.1, 0.15) is 29.4 Å². The molecule has 0 spiro atoms. The Morgan fingerprint density at radius 3 is 1.42 bits per heavy atom. The van der Waals surface area contributed by atoms with Crippen molar-refractivity contribution in [2.24, 2.45) is 5.14 Å². The number of sulfonamides is 2. The summed E-state index contributed by atoms with van der Waals surface area (Å²) in [6.07, 6.45) is 0. The van der Waals surface area contributed by atoms with E-state index in [0.29, 0.717) is 38.5 Å². The van der Waals surface area contributed by atoms with Gasteiger partial charge >= 0.3 is 0 Å². The molecule has 0 unspecified atom stereocenters. The van der Waals surface area contributed by atoms with Crippen molar-refractivity contribution < 1.29 is 39.9 Å². The second-order valence-corrected chi connectivity index (χ2v) is 19.3. The van der Waals surface area contributed by atoms with E-state index in [1.165, 1.54) is 48.5 Å². The quantitative estimate of drug-likeness (QED) is 0.117. The number of carbonyl (C=O) groups is 1. The SMILES string of the molecule is CC(=O)NS(=O)(=O)c1cccc(-n2c(C)ccc2-c2cc(Cl)ccc2OCc2ccc(F)cc2)c1.Cc1ccc(-c2cc(Cl)ccc2OCc2ccc(F)cc2)n1-c1cccc(S(N)(=O)=O)c1. The predicted molar refractivity (Wildman–Crippen MR) is 256 cm³/mol. The molecule has 344 valence electrons. The van der Waals surface area contributed by atoms with Crippen LogP contribution in [0.15, 0.2) is 168 Å². The van der Waals surface area contributed by atoms with Gasteiger partial charge in [0.05, 0.1) is 21.2 Å². The van der Waals surface area contributed by atoms with Gasteiger partial charge in [-0.2, -0.15) is 0 Å². The van der Waals surface area contributed by atoms with Gasteiger partial charge in [-0.05, 0) is 146 Å². The molecule has 0 radical (unpaired) electrons. The van der Waals surface area contributed by atoms with Crippen molar-refractivity contribution in [3.8, 4) is 45.4 Å². The fourth-order valence-corrected chi connectivity index (χ4v) is 9.09. The fraction of sp³-hybridized carbons (Fsp3) is 0.100. The molecular weight excluding hydrogens is 942 g/mol. The lowest BCUT2D eigenvalue weighted by atomic mass is 10.1. The molecule has 0 atom stereocenters. The molecule has 8 aromatic rings. The van der Waals surface area contributed by atoms with Gasteiger partial charge in [0.1, 0.15) is 36.3 Å². The summed E-state index contributed by atoms with van der Waals surface area (Å²) in [7, 11) is -7.86. The largest absolute Gasteiger partial charge is 0.488 e. The summed E-state index contributed by atoms with van der Waals surface area (Å²) >= 11 is 12.6. The molecule has 17 heteroatoms. The minimum Gasteiger partial charge on any atom is -0.488 e. The number of ether oxygens (including phenoxy) is 2. The smallest absolute Gasteiger partial charge is 0.264 e. The van der Waals surface area contributed by atoms with Crippen LogP contribution in [-0.4, -0.2) is 31.9 Å². The van der Waals surface area contributed by atoms with Crippen LogP contribution in [0, 0.1) is 25.5 Å². The van der Waals surface area contributed by atoms with Gasteiger partial charge in [-0.15, -0.1) is 0 Å². The molecule has 67 heavy (non-hydrogen) atoms. The number of carbonyl (C=O) groups excluding carboxylic acids is 1. The lowest BCUT2D eigenvalue weighted by Gasteiger charge is -2.17. The Hall–Kier alpha value is -6.75. The van der Waals surface area contributed by atoms with Crippen LogP contribution in [0.4, 0.5) is 8.78 Å². The molecule has 0 saturated heterocycles. The van der Waals surface area contributed by atoms with E-state index in [1.807, 2.05) is 52.0 Å². The van der Waals surface area contributed by atoms with Crippen LogP contribution in [0.2, 0.25) is 10.0 Å². The van der Waals surface area contributed by atoms with Gasteiger partial charge in [0.15, 0.2) is 0 Å². The Labute approximate surface area is 397 Å². The average Bonchev–Trinajstić information content (AvgIpc) is 3.88. The lowest BCUT2D eigenvalue weighted by molar-refractivity contribution is -0.117. The van der Waals surface area contributed by atoms with Crippen LogP contribution in [0.3, 0.4) is 0 Å². The van der Waals surface area contributed by atoms with E-state index in [1.54, 1.807) is 84.9 Å². The van der Waals surface area contributed by atoms with E-state index >= 15 is 0 Å². The first-order valence-electron chi connectivity index (χ1n) is 20.3. The number of halogens is 4. The normalized spacial score (nSPS) is 11.4. The summed E-state index contributed by atoms with van der Waals surface area (Å²) in [4.78, 5) is 11.3. The maximum atomic E-state index is 13.2. The molecule has 0 aliphatic heterocycles. The topological polar surface area (TPSA) is 152 Å². The number of hydrogen-bond acceptors (Lipinski definition) is 7. The Morgan fingerprint density at radius 2 is 1.00 bits per heavy atom. The zero-order chi connectivity index (χ0) is 48.0. The molecule has 11 nitrogen and oxygen atoms in total. The molecule has 0 aliphatic carbocycles. The molecule has 2 heterocycles. The Balaban J connectivity index is 0.000000200. The highest BCUT2D eigenvalue weighted by atomic mass is 35.5. The van der Waals surface area contributed by atoms with Gasteiger partial charge in [0, 0.05) is 50.9 Å². The van der Waals surface area contributed by atoms with Gasteiger partial charge in [-0.25, -0.2) is 35.5 Å². The summed E-state index contributed by atoms with van der Waals surface area (Å²) in [5.74, 6) is -0.163. The highest BCUT2D eigenvalue weighted by Crippen LogP contribution is 2.38. The minimum absolute atomic E-state index is 0.0212. The first-order chi connectivity index (χ1) is 31.9. The molecule has 0 saturated carbocycles. The Bertz CT molecular complexity index is 3320. The monoisotopic (exact) mass is 982 g/mol. The lowest BCUT2D eigenvalue weighted by Crippen LogP contribution is -2.28. The van der Waals surface area contributed by atoms with Crippen molar-refractivity contribution in [2.75, 3.05) is 0 Å². The van der Waals surface area contributed by atoms with E-state index in [4.69, 9.17) is 37.8 Å². The average molecular weight is 984 g/mol. The highest BCUT2D eigenvalue weighted by Gasteiger charge is 2.20. The van der Waals surface area contributed by atoms with E-state index in [2.05, 4.69) is 0 Å². The third-order valence-corrected chi connectivity index (χ3v) is 13.1. The molecule has 0 fully saturated rings. The molecule has 0 aliphatic rings. The van der Waals surface area contributed by atoms with Crippen molar-refractivity contribution in [3.05, 3.63) is 202 Å². The first kappa shape index (κ1) is 48.2. The Morgan fingerprint density at radius 1 is 0.582 bits per heavy atom. The van der Waals surface area contributed by atoms with Crippen molar-refractivity contribution in [1.29, 1.82) is 0 Å². The van der Waals surface area contributed by atoms with Crippen molar-refractivity contribution in [2.45, 2.75) is 43.8 Å². The standard InChI is InChI=1S/C26H22ClFN2O4S.C24H20ClFN2O3S/c1-17-6-12-25(30(17)22-4-3-5-23(15-22)35(32,33)29-18(2)31)24-14-20(27)9-13-26(24)34-16-19-7-10-21(28)11-8-19;1-16-5-11-23(28(16)20-3-2-4-21(14-20)32(27,29)30)22-13-18(25)8-12-24(22)31-15-17-6-9-19(26)10-7-17/h3-15H,16H2,1-2H3,(H,29,31);2-14H,15H2,1H3,(H2,27,29,30). The van der Waals surface area contributed by atoms with Crippen LogP contribution >= 0.6 is 23.2 Å². The third kappa shape index (κ3) is 11.8. The van der Waals surface area contributed by atoms with E-state index < -0.39 is 26.0 Å². The van der Waals surface area contributed by atoms with Gasteiger partial charge < -0.3 is 18.6 Å². The first-order valence-corrected chi connectivity index (χ1v) is 24.1. The number of nitrogens with one attached hydrogen (secondary N) is 1. The van der Waals surface area contributed by atoms with Gasteiger partial charge in [-0.3, -0.25) is 4.79 Å². The van der Waals surface area contributed by atoms with Gasteiger partial charge in [0.25, 0.3) is 10.0 Å². The van der Waals surface area contributed by atoms with Crippen LogP contribution < -0.4 is 19.3 Å². The maximum absolute atomic E-state index is 13.2. The number of aryl methyl sites for hydroxylation is 2. The summed E-state index contributed by atoms with van der Waals surface area (Å²) in [5, 5.41) is 6.34. The molecule has 6 aromatic carbocycles. The third-order valence-electron chi connectivity index (χ3n) is 10.3. The number of primary sulfonamides is 1. The minimum atomic E-state index is -4.01. The zero-order valence-corrected chi connectivity index (χ0v) is 39.2. The van der Waals surface area contributed by atoms with E-state index in [0.717, 1.165) is 46.4 Å². The number of aromatic nitrogens is 2. The summed E-state index contributed by atoms with van der Waals surface area (Å²) in [6.45, 7) is 5.41. The number of amides is 1. The fourth-order valence-electron chi connectivity index (χ4n) is 7.16. The van der Waals surface area contributed by atoms with Crippen molar-refractivity contribution >= 4 is 49.2 Å². The van der Waals surface area contributed by atoms with E-state index in [-0.39, 0.29) is 34.6 Å². The maximum Gasteiger partial charge on any atom is 0.264 e. The second-order valence-electron chi connectivity index (χ2n) is 15.2. The van der Waals surface area contributed by atoms with Crippen LogP contribution in [0.5, 0.6) is 11.5 Å². The summed E-state index contributed by atoms with van der Waals surface area (Å²) in [5.41, 5.74) is 7.50. The molecule has 2 aromatic heterocycles.